The second kappa shape index (κ2) is 8.04. The minimum absolute atomic E-state index is 0.0161. The Morgan fingerprint density at radius 1 is 1.17 bits per heavy atom. The summed E-state index contributed by atoms with van der Waals surface area (Å²) < 4.78 is 30.3. The highest BCUT2D eigenvalue weighted by molar-refractivity contribution is 5.75. The quantitative estimate of drug-likeness (QED) is 0.474. The first-order chi connectivity index (χ1) is 8.74. The first-order valence-corrected chi connectivity index (χ1v) is 5.35. The fraction of sp³-hybridized carbons (Fsp3) is 0.727. The Morgan fingerprint density at radius 3 is 2.44 bits per heavy atom. The fourth-order valence-corrected chi connectivity index (χ4v) is 1.50. The molecule has 0 spiro atoms. The lowest BCUT2D eigenvalue weighted by molar-refractivity contribution is -0.195. The molecule has 1 aliphatic heterocycles. The third-order valence-electron chi connectivity index (χ3n) is 2.31. The third-order valence-corrected chi connectivity index (χ3v) is 2.31. The van der Waals surface area contributed by atoms with Crippen molar-refractivity contribution >= 4 is 5.97 Å². The van der Waals surface area contributed by atoms with E-state index in [0.717, 1.165) is 0 Å². The zero-order chi connectivity index (χ0) is 13.4. The molecule has 0 saturated heterocycles. The van der Waals surface area contributed by atoms with Crippen molar-refractivity contribution in [3.8, 4) is 0 Å². The van der Waals surface area contributed by atoms with Crippen LogP contribution in [0.15, 0.2) is 12.3 Å². The van der Waals surface area contributed by atoms with Gasteiger partial charge in [-0.1, -0.05) is 0 Å². The van der Waals surface area contributed by atoms with Gasteiger partial charge in [0.05, 0.1) is 13.4 Å². The van der Waals surface area contributed by atoms with Crippen LogP contribution in [0.3, 0.4) is 0 Å². The van der Waals surface area contributed by atoms with Gasteiger partial charge in [-0.3, -0.25) is 0 Å². The molecule has 0 aromatic carbocycles. The molecule has 3 atom stereocenters. The SMILES string of the molecule is COCO[C@@H]1[C@@H](C(=O)OC)OC=C[C@H]1OCOC. The standard InChI is InChI=1S/C11H18O7/c1-13-6-17-8-4-5-16-10(11(12)15-3)9(8)18-7-14-2/h4-5,8-10H,6-7H2,1-3H3/t8-,9+,10+/m1/s1. The van der Waals surface area contributed by atoms with E-state index in [9.17, 15) is 4.79 Å². The van der Waals surface area contributed by atoms with Crippen molar-refractivity contribution in [2.45, 2.75) is 18.3 Å². The molecule has 0 saturated carbocycles. The molecule has 7 heteroatoms. The lowest BCUT2D eigenvalue weighted by Crippen LogP contribution is -2.48. The molecule has 1 heterocycles. The van der Waals surface area contributed by atoms with Crippen molar-refractivity contribution in [1.82, 2.24) is 0 Å². The van der Waals surface area contributed by atoms with E-state index in [0.29, 0.717) is 0 Å². The van der Waals surface area contributed by atoms with Gasteiger partial charge in [0.2, 0.25) is 6.10 Å². The van der Waals surface area contributed by atoms with Crippen molar-refractivity contribution in [1.29, 1.82) is 0 Å². The van der Waals surface area contributed by atoms with Gasteiger partial charge in [-0.05, 0) is 6.08 Å². The van der Waals surface area contributed by atoms with E-state index in [1.54, 1.807) is 6.08 Å². The number of methoxy groups -OCH3 is 3. The van der Waals surface area contributed by atoms with Crippen molar-refractivity contribution in [2.75, 3.05) is 34.9 Å². The molecule has 0 radical (unpaired) electrons. The molecule has 0 aromatic rings. The number of rotatable bonds is 7. The zero-order valence-electron chi connectivity index (χ0n) is 10.7. The number of hydrogen-bond donors (Lipinski definition) is 0. The van der Waals surface area contributed by atoms with E-state index < -0.39 is 24.3 Å². The Bertz CT molecular complexity index is 279. The van der Waals surface area contributed by atoms with Gasteiger partial charge in [-0.2, -0.15) is 0 Å². The largest absolute Gasteiger partial charge is 0.484 e. The summed E-state index contributed by atoms with van der Waals surface area (Å²) in [6.45, 7) is 0.0952. The molecule has 0 N–H and O–H groups in total. The van der Waals surface area contributed by atoms with Crippen molar-refractivity contribution in [3.63, 3.8) is 0 Å². The van der Waals surface area contributed by atoms with Crippen LogP contribution in [0.1, 0.15) is 0 Å². The lowest BCUT2D eigenvalue weighted by atomic mass is 10.1. The van der Waals surface area contributed by atoms with Crippen molar-refractivity contribution < 1.29 is 33.2 Å². The maximum atomic E-state index is 11.6. The minimum Gasteiger partial charge on any atom is -0.484 e. The van der Waals surface area contributed by atoms with Gasteiger partial charge in [0, 0.05) is 14.2 Å². The molecule has 18 heavy (non-hydrogen) atoms. The molecular weight excluding hydrogens is 244 g/mol. The first-order valence-electron chi connectivity index (χ1n) is 5.35. The van der Waals surface area contributed by atoms with E-state index in [4.69, 9.17) is 23.7 Å². The van der Waals surface area contributed by atoms with E-state index in [2.05, 4.69) is 4.74 Å². The number of ether oxygens (including phenoxy) is 6. The second-order valence-corrected chi connectivity index (χ2v) is 3.48. The predicted molar refractivity (Wildman–Crippen MR) is 59.5 cm³/mol. The van der Waals surface area contributed by atoms with Gasteiger partial charge >= 0.3 is 5.97 Å². The zero-order valence-corrected chi connectivity index (χ0v) is 10.7. The first kappa shape index (κ1) is 14.9. The molecule has 1 aliphatic rings. The van der Waals surface area contributed by atoms with Crippen LogP contribution < -0.4 is 0 Å². The van der Waals surface area contributed by atoms with Gasteiger partial charge in [0.15, 0.2) is 0 Å². The summed E-state index contributed by atoms with van der Waals surface area (Å²) in [6, 6.07) is 0. The molecule has 0 fully saturated rings. The molecule has 0 unspecified atom stereocenters. The van der Waals surface area contributed by atoms with Crippen LogP contribution in [0, 0.1) is 0 Å². The number of hydrogen-bond acceptors (Lipinski definition) is 7. The summed E-state index contributed by atoms with van der Waals surface area (Å²) in [5, 5.41) is 0. The van der Waals surface area contributed by atoms with E-state index in [1.165, 1.54) is 27.6 Å². The fourth-order valence-electron chi connectivity index (χ4n) is 1.50. The molecule has 104 valence electrons. The van der Waals surface area contributed by atoms with Crippen molar-refractivity contribution in [2.24, 2.45) is 0 Å². The summed E-state index contributed by atoms with van der Waals surface area (Å²) in [5.41, 5.74) is 0. The number of esters is 1. The second-order valence-electron chi connectivity index (χ2n) is 3.48. The smallest absolute Gasteiger partial charge is 0.349 e. The molecule has 0 aliphatic carbocycles. The summed E-state index contributed by atoms with van der Waals surface area (Å²) >= 11 is 0. The summed E-state index contributed by atoms with van der Waals surface area (Å²) in [5.74, 6) is -0.536. The van der Waals surface area contributed by atoms with Crippen LogP contribution in [0.25, 0.3) is 0 Å². The van der Waals surface area contributed by atoms with Crippen LogP contribution >= 0.6 is 0 Å². The summed E-state index contributed by atoms with van der Waals surface area (Å²) in [6.07, 6.45) is 1.00. The minimum atomic E-state index is -0.892. The summed E-state index contributed by atoms with van der Waals surface area (Å²) in [7, 11) is 4.27. The Labute approximate surface area is 106 Å². The van der Waals surface area contributed by atoms with Gasteiger partial charge in [-0.15, -0.1) is 0 Å². The normalized spacial score (nSPS) is 26.7. The molecule has 0 amide bonds. The molecule has 1 rings (SSSR count). The molecule has 0 aromatic heterocycles. The average molecular weight is 262 g/mol. The third kappa shape index (κ3) is 3.95. The van der Waals surface area contributed by atoms with Crippen LogP contribution in [-0.4, -0.2) is 59.2 Å². The van der Waals surface area contributed by atoms with Crippen LogP contribution in [0.2, 0.25) is 0 Å². The lowest BCUT2D eigenvalue weighted by Gasteiger charge is -2.32. The van der Waals surface area contributed by atoms with Crippen LogP contribution in [0.5, 0.6) is 0 Å². The van der Waals surface area contributed by atoms with Gasteiger partial charge in [0.25, 0.3) is 0 Å². The van der Waals surface area contributed by atoms with Crippen molar-refractivity contribution in [3.05, 3.63) is 12.3 Å². The average Bonchev–Trinajstić information content (AvgIpc) is 2.42. The van der Waals surface area contributed by atoms with E-state index >= 15 is 0 Å². The van der Waals surface area contributed by atoms with Crippen LogP contribution in [-0.2, 0) is 33.2 Å². The highest BCUT2D eigenvalue weighted by Gasteiger charge is 2.39. The monoisotopic (exact) mass is 262 g/mol. The number of carbonyl (C=O) groups is 1. The Kier molecular flexibility index (Phi) is 6.66. The molecule has 7 nitrogen and oxygen atoms in total. The van der Waals surface area contributed by atoms with E-state index in [-0.39, 0.29) is 13.6 Å². The topological polar surface area (TPSA) is 72.5 Å². The highest BCUT2D eigenvalue weighted by atomic mass is 16.7. The Balaban J connectivity index is 2.71. The van der Waals surface area contributed by atoms with E-state index in [1.807, 2.05) is 0 Å². The predicted octanol–water partition coefficient (Wildman–Crippen LogP) is 0.0501. The Hall–Kier alpha value is -1.15. The Morgan fingerprint density at radius 2 is 1.83 bits per heavy atom. The van der Waals surface area contributed by atoms with Gasteiger partial charge in [0.1, 0.15) is 25.8 Å². The highest BCUT2D eigenvalue weighted by Crippen LogP contribution is 2.20. The maximum absolute atomic E-state index is 11.6. The summed E-state index contributed by atoms with van der Waals surface area (Å²) in [4.78, 5) is 11.6. The molecule has 0 bridgehead atoms. The van der Waals surface area contributed by atoms with Crippen LogP contribution in [0.4, 0.5) is 0 Å². The van der Waals surface area contributed by atoms with Gasteiger partial charge in [-0.25, -0.2) is 4.79 Å². The van der Waals surface area contributed by atoms with Gasteiger partial charge < -0.3 is 28.4 Å². The molecular formula is C11H18O7. The number of carbonyl (C=O) groups excluding carboxylic acids is 1. The maximum Gasteiger partial charge on any atom is 0.349 e.